The topological polar surface area (TPSA) is 118 Å². The van der Waals surface area contributed by atoms with Gasteiger partial charge in [0.05, 0.1) is 30.2 Å². The third-order valence-electron chi connectivity index (χ3n) is 5.97. The summed E-state index contributed by atoms with van der Waals surface area (Å²) in [5, 5.41) is 10.2. The van der Waals surface area contributed by atoms with Gasteiger partial charge in [0, 0.05) is 30.4 Å². The van der Waals surface area contributed by atoms with E-state index in [1.165, 1.54) is 24.8 Å². The molecule has 5 heterocycles. The number of alkyl halides is 3. The van der Waals surface area contributed by atoms with E-state index in [0.717, 1.165) is 20.3 Å². The van der Waals surface area contributed by atoms with Gasteiger partial charge >= 0.3 is 12.3 Å². The van der Waals surface area contributed by atoms with Crippen molar-refractivity contribution in [2.24, 2.45) is 0 Å². The highest BCUT2D eigenvalue weighted by atomic mass is 35.5. The SMILES string of the molecule is O=C(c1nc2c(C(F)(F)F)cc(-c3ccoc3)cn2c1Cl)N1CCC(N2C(=O)COC2=O)C(O)C1. The van der Waals surface area contributed by atoms with Crippen molar-refractivity contribution in [3.63, 3.8) is 0 Å². The molecule has 2 aliphatic heterocycles. The largest absolute Gasteiger partial charge is 0.472 e. The summed E-state index contributed by atoms with van der Waals surface area (Å²) < 4.78 is 52.1. The number of aliphatic hydroxyl groups is 1. The molecule has 14 heteroatoms. The Morgan fingerprint density at radius 1 is 1.26 bits per heavy atom. The molecule has 2 aliphatic rings. The minimum Gasteiger partial charge on any atom is -0.472 e. The predicted molar refractivity (Wildman–Crippen MR) is 111 cm³/mol. The number of aromatic nitrogens is 2. The molecule has 0 bridgehead atoms. The molecule has 0 saturated carbocycles. The van der Waals surface area contributed by atoms with Gasteiger partial charge in [0.2, 0.25) is 0 Å². The predicted octanol–water partition coefficient (Wildman–Crippen LogP) is 2.82. The lowest BCUT2D eigenvalue weighted by Gasteiger charge is -2.38. The van der Waals surface area contributed by atoms with Crippen LogP contribution in [0.1, 0.15) is 22.5 Å². The van der Waals surface area contributed by atoms with Crippen LogP contribution < -0.4 is 0 Å². The Balaban J connectivity index is 1.47. The summed E-state index contributed by atoms with van der Waals surface area (Å²) in [4.78, 5) is 42.7. The summed E-state index contributed by atoms with van der Waals surface area (Å²) in [6.07, 6.45) is -3.04. The molecule has 2 atom stereocenters. The summed E-state index contributed by atoms with van der Waals surface area (Å²) in [7, 11) is 0. The molecule has 5 rings (SSSR count). The van der Waals surface area contributed by atoms with E-state index >= 15 is 0 Å². The molecule has 0 spiro atoms. The van der Waals surface area contributed by atoms with Crippen molar-refractivity contribution < 1.29 is 41.8 Å². The van der Waals surface area contributed by atoms with E-state index in [2.05, 4.69) is 9.72 Å². The second kappa shape index (κ2) is 8.27. The van der Waals surface area contributed by atoms with Crippen molar-refractivity contribution in [2.75, 3.05) is 19.7 Å². The Morgan fingerprint density at radius 3 is 2.63 bits per heavy atom. The van der Waals surface area contributed by atoms with Gasteiger partial charge in [0.15, 0.2) is 17.9 Å². The van der Waals surface area contributed by atoms with Crippen molar-refractivity contribution in [1.29, 1.82) is 0 Å². The van der Waals surface area contributed by atoms with Crippen LogP contribution in [-0.2, 0) is 15.7 Å². The van der Waals surface area contributed by atoms with Crippen LogP contribution >= 0.6 is 11.6 Å². The van der Waals surface area contributed by atoms with Crippen LogP contribution in [0.2, 0.25) is 5.15 Å². The number of hydrogen-bond donors (Lipinski definition) is 1. The number of carbonyl (C=O) groups excluding carboxylic acids is 3. The van der Waals surface area contributed by atoms with Crippen molar-refractivity contribution in [2.45, 2.75) is 24.7 Å². The number of piperidine rings is 1. The number of amides is 3. The Morgan fingerprint density at radius 2 is 2.03 bits per heavy atom. The van der Waals surface area contributed by atoms with Crippen LogP contribution in [0.4, 0.5) is 18.0 Å². The summed E-state index contributed by atoms with van der Waals surface area (Å²) in [6.45, 7) is -0.727. The molecule has 3 amide bonds. The number of nitrogens with zero attached hydrogens (tertiary/aromatic N) is 4. The lowest BCUT2D eigenvalue weighted by molar-refractivity contribution is -0.136. The zero-order valence-corrected chi connectivity index (χ0v) is 18.4. The molecule has 1 N–H and O–H groups in total. The third-order valence-corrected chi connectivity index (χ3v) is 6.34. The average molecular weight is 513 g/mol. The van der Waals surface area contributed by atoms with E-state index in [9.17, 15) is 32.7 Å². The van der Waals surface area contributed by atoms with Crippen LogP contribution in [-0.4, -0.2) is 74.0 Å². The molecule has 0 aromatic carbocycles. The van der Waals surface area contributed by atoms with E-state index in [4.69, 9.17) is 16.0 Å². The molecule has 3 aromatic heterocycles. The number of imide groups is 1. The lowest BCUT2D eigenvalue weighted by Crippen LogP contribution is -2.56. The Labute approximate surface area is 199 Å². The van der Waals surface area contributed by atoms with Gasteiger partial charge in [0.25, 0.3) is 11.8 Å². The first-order valence-electron chi connectivity index (χ1n) is 10.3. The number of carbonyl (C=O) groups is 3. The molecule has 0 aliphatic carbocycles. The first kappa shape index (κ1) is 23.2. The van der Waals surface area contributed by atoms with Gasteiger partial charge in [-0.05, 0) is 18.6 Å². The summed E-state index contributed by atoms with van der Waals surface area (Å²) in [5.41, 5.74) is -1.56. The maximum absolute atomic E-state index is 13.8. The molecule has 2 fully saturated rings. The molecule has 10 nitrogen and oxygen atoms in total. The zero-order chi connectivity index (χ0) is 25.1. The van der Waals surface area contributed by atoms with Crippen LogP contribution in [0.15, 0.2) is 35.3 Å². The van der Waals surface area contributed by atoms with Gasteiger partial charge in [-0.25, -0.2) is 14.7 Å². The Bertz CT molecular complexity index is 1320. The normalized spacial score (nSPS) is 21.2. The van der Waals surface area contributed by atoms with Crippen LogP contribution in [0, 0.1) is 0 Å². The smallest absolute Gasteiger partial charge is 0.420 e. The zero-order valence-electron chi connectivity index (χ0n) is 17.7. The number of fused-ring (bicyclic) bond motifs is 1. The molecular formula is C21H16ClF3N4O6. The summed E-state index contributed by atoms with van der Waals surface area (Å²) in [5.74, 6) is -1.40. The van der Waals surface area contributed by atoms with E-state index < -0.39 is 59.7 Å². The highest BCUT2D eigenvalue weighted by Gasteiger charge is 2.44. The number of hydrogen-bond acceptors (Lipinski definition) is 7. The fourth-order valence-corrected chi connectivity index (χ4v) is 4.54. The van der Waals surface area contributed by atoms with Gasteiger partial charge < -0.3 is 19.2 Å². The van der Waals surface area contributed by atoms with Crippen LogP contribution in [0.5, 0.6) is 0 Å². The van der Waals surface area contributed by atoms with Crippen LogP contribution in [0.25, 0.3) is 16.8 Å². The fraction of sp³-hybridized carbons (Fsp3) is 0.333. The fourth-order valence-electron chi connectivity index (χ4n) is 4.29. The maximum atomic E-state index is 13.8. The molecule has 35 heavy (non-hydrogen) atoms. The van der Waals surface area contributed by atoms with Gasteiger partial charge in [-0.3, -0.25) is 14.0 Å². The molecule has 184 valence electrons. The number of imidazole rings is 1. The van der Waals surface area contributed by atoms with Crippen molar-refractivity contribution in [1.82, 2.24) is 19.2 Å². The van der Waals surface area contributed by atoms with Crippen molar-refractivity contribution in [3.05, 3.63) is 47.3 Å². The first-order valence-corrected chi connectivity index (χ1v) is 10.7. The average Bonchev–Trinajstić information content (AvgIpc) is 3.53. The number of aliphatic hydroxyl groups excluding tert-OH is 1. The third kappa shape index (κ3) is 3.90. The number of ether oxygens (including phenoxy) is 1. The number of furan rings is 1. The highest BCUT2D eigenvalue weighted by Crippen LogP contribution is 2.37. The maximum Gasteiger partial charge on any atom is 0.420 e. The lowest BCUT2D eigenvalue weighted by atomic mass is 10.00. The Hall–Kier alpha value is -3.58. The van der Waals surface area contributed by atoms with Crippen molar-refractivity contribution >= 4 is 35.2 Å². The number of likely N-dealkylation sites (tertiary alicyclic amines) is 1. The number of cyclic esters (lactones) is 1. The summed E-state index contributed by atoms with van der Waals surface area (Å²) >= 11 is 6.32. The van der Waals surface area contributed by atoms with Crippen LogP contribution in [0.3, 0.4) is 0 Å². The van der Waals surface area contributed by atoms with E-state index in [1.54, 1.807) is 0 Å². The molecule has 2 unspecified atom stereocenters. The second-order valence-electron chi connectivity index (χ2n) is 8.09. The van der Waals surface area contributed by atoms with E-state index in [1.807, 2.05) is 0 Å². The second-order valence-corrected chi connectivity index (χ2v) is 8.45. The van der Waals surface area contributed by atoms with Gasteiger partial charge in [0.1, 0.15) is 5.15 Å². The number of pyridine rings is 1. The van der Waals surface area contributed by atoms with E-state index in [0.29, 0.717) is 5.56 Å². The molecular weight excluding hydrogens is 497 g/mol. The molecule has 3 aromatic rings. The molecule has 2 saturated heterocycles. The Kier molecular flexibility index (Phi) is 5.48. The quantitative estimate of drug-likeness (QED) is 0.573. The summed E-state index contributed by atoms with van der Waals surface area (Å²) in [6, 6.07) is 1.47. The first-order chi connectivity index (χ1) is 16.6. The minimum absolute atomic E-state index is 0.00574. The van der Waals surface area contributed by atoms with Gasteiger partial charge in [-0.2, -0.15) is 13.2 Å². The van der Waals surface area contributed by atoms with Gasteiger partial charge in [-0.1, -0.05) is 11.6 Å². The van der Waals surface area contributed by atoms with Crippen molar-refractivity contribution in [3.8, 4) is 11.1 Å². The number of β-amino-alcohol motifs (C(OH)–C–C–N with tert-alkyl or cyclic N) is 1. The number of halogens is 4. The minimum atomic E-state index is -4.79. The molecule has 0 radical (unpaired) electrons. The monoisotopic (exact) mass is 512 g/mol. The standard InChI is InChI=1S/C21H16ClF3N4O6/c22-17-16(19(32)27-3-1-13(14(30)7-27)29-15(31)9-35-20(29)33)26-18-12(21(23,24)25)5-11(6-28(17)18)10-2-4-34-8-10/h2,4-6,8,13-14,30H,1,3,7,9H2. The number of rotatable bonds is 3. The highest BCUT2D eigenvalue weighted by molar-refractivity contribution is 6.33. The van der Waals surface area contributed by atoms with Gasteiger partial charge in [-0.15, -0.1) is 0 Å². The van der Waals surface area contributed by atoms with E-state index in [-0.39, 0.29) is 30.2 Å².